The molecule has 2 N–H and O–H groups in total. The SMILES string of the molecule is CCC(C)(C)N(C)CCCOc1cccc(CN)c1. The minimum Gasteiger partial charge on any atom is -0.494 e. The standard InChI is InChI=1S/C16H28N2O/c1-5-16(2,3)18(4)10-7-11-19-15-9-6-8-14(12-15)13-17/h6,8-9,12H,5,7,10-11,13,17H2,1-4H3. The van der Waals surface area contributed by atoms with Crippen LogP contribution in [0.3, 0.4) is 0 Å². The lowest BCUT2D eigenvalue weighted by atomic mass is 10.00. The van der Waals surface area contributed by atoms with E-state index in [0.29, 0.717) is 6.54 Å². The number of benzene rings is 1. The normalized spacial score (nSPS) is 11.9. The molecule has 0 unspecified atom stereocenters. The van der Waals surface area contributed by atoms with E-state index in [1.54, 1.807) is 0 Å². The van der Waals surface area contributed by atoms with Gasteiger partial charge in [0.05, 0.1) is 6.61 Å². The zero-order chi connectivity index (χ0) is 14.3. The molecule has 0 fully saturated rings. The maximum atomic E-state index is 5.76. The van der Waals surface area contributed by atoms with Gasteiger partial charge in [-0.25, -0.2) is 0 Å². The molecule has 0 aliphatic rings. The second kappa shape index (κ2) is 7.51. The summed E-state index contributed by atoms with van der Waals surface area (Å²) in [6.07, 6.45) is 2.19. The van der Waals surface area contributed by atoms with Crippen LogP contribution in [0.25, 0.3) is 0 Å². The van der Waals surface area contributed by atoms with Gasteiger partial charge in [-0.3, -0.25) is 0 Å². The topological polar surface area (TPSA) is 38.5 Å². The van der Waals surface area contributed by atoms with Gasteiger partial charge in [0.2, 0.25) is 0 Å². The fourth-order valence-corrected chi connectivity index (χ4v) is 1.83. The van der Waals surface area contributed by atoms with Crippen LogP contribution in [0.15, 0.2) is 24.3 Å². The van der Waals surface area contributed by atoms with Crippen LogP contribution in [0.1, 0.15) is 39.2 Å². The van der Waals surface area contributed by atoms with Crippen molar-refractivity contribution in [3.05, 3.63) is 29.8 Å². The van der Waals surface area contributed by atoms with E-state index >= 15 is 0 Å². The van der Waals surface area contributed by atoms with E-state index in [9.17, 15) is 0 Å². The van der Waals surface area contributed by atoms with Crippen molar-refractivity contribution in [3.63, 3.8) is 0 Å². The molecule has 1 aromatic carbocycles. The van der Waals surface area contributed by atoms with Crippen molar-refractivity contribution in [2.24, 2.45) is 5.73 Å². The van der Waals surface area contributed by atoms with Crippen molar-refractivity contribution < 1.29 is 4.74 Å². The molecular formula is C16H28N2O. The van der Waals surface area contributed by atoms with E-state index in [1.807, 2.05) is 24.3 Å². The molecule has 0 heterocycles. The van der Waals surface area contributed by atoms with Gasteiger partial charge in [0.25, 0.3) is 0 Å². The van der Waals surface area contributed by atoms with Crippen molar-refractivity contribution in [2.75, 3.05) is 20.2 Å². The van der Waals surface area contributed by atoms with Crippen LogP contribution in [0, 0.1) is 0 Å². The second-order valence-corrected chi connectivity index (χ2v) is 5.64. The van der Waals surface area contributed by atoms with Crippen molar-refractivity contribution in [2.45, 2.75) is 45.7 Å². The molecule has 0 bridgehead atoms. The predicted octanol–water partition coefficient (Wildman–Crippen LogP) is 3.03. The maximum Gasteiger partial charge on any atom is 0.119 e. The third-order valence-corrected chi connectivity index (χ3v) is 3.94. The molecule has 3 heteroatoms. The van der Waals surface area contributed by atoms with Gasteiger partial charge in [0, 0.05) is 18.6 Å². The van der Waals surface area contributed by atoms with Gasteiger partial charge in [0.1, 0.15) is 5.75 Å². The summed E-state index contributed by atoms with van der Waals surface area (Å²) in [5.41, 5.74) is 6.99. The molecule has 3 nitrogen and oxygen atoms in total. The van der Waals surface area contributed by atoms with E-state index in [1.165, 1.54) is 0 Å². The van der Waals surface area contributed by atoms with Crippen LogP contribution < -0.4 is 10.5 Å². The average molecular weight is 264 g/mol. The Labute approximate surface area is 117 Å². The zero-order valence-electron chi connectivity index (χ0n) is 12.8. The Morgan fingerprint density at radius 2 is 2.05 bits per heavy atom. The Kier molecular flexibility index (Phi) is 6.32. The number of hydrogen-bond donors (Lipinski definition) is 1. The third kappa shape index (κ3) is 5.21. The molecule has 0 radical (unpaired) electrons. The predicted molar refractivity (Wildman–Crippen MR) is 81.4 cm³/mol. The fourth-order valence-electron chi connectivity index (χ4n) is 1.83. The number of nitrogens with zero attached hydrogens (tertiary/aromatic N) is 1. The molecule has 0 spiro atoms. The quantitative estimate of drug-likeness (QED) is 0.733. The molecule has 19 heavy (non-hydrogen) atoms. The molecule has 0 aromatic heterocycles. The minimum atomic E-state index is 0.263. The lowest BCUT2D eigenvalue weighted by Crippen LogP contribution is -2.41. The number of rotatable bonds is 8. The lowest BCUT2D eigenvalue weighted by molar-refractivity contribution is 0.140. The van der Waals surface area contributed by atoms with Crippen LogP contribution in [-0.2, 0) is 6.54 Å². The first-order chi connectivity index (χ1) is 8.99. The number of ether oxygens (including phenoxy) is 1. The minimum absolute atomic E-state index is 0.263. The largest absolute Gasteiger partial charge is 0.494 e. The number of nitrogens with two attached hydrogens (primary N) is 1. The average Bonchev–Trinajstić information content (AvgIpc) is 2.43. The first kappa shape index (κ1) is 16.0. The molecule has 1 aromatic rings. The van der Waals surface area contributed by atoms with E-state index in [0.717, 1.165) is 37.3 Å². The summed E-state index contributed by atoms with van der Waals surface area (Å²) in [5, 5.41) is 0. The van der Waals surface area contributed by atoms with Gasteiger partial charge in [0.15, 0.2) is 0 Å². The summed E-state index contributed by atoms with van der Waals surface area (Å²) in [5.74, 6) is 0.917. The molecule has 0 saturated heterocycles. The Bertz CT molecular complexity index is 377. The Morgan fingerprint density at radius 1 is 1.32 bits per heavy atom. The molecule has 0 aliphatic heterocycles. The maximum absolute atomic E-state index is 5.76. The number of hydrogen-bond acceptors (Lipinski definition) is 3. The summed E-state index contributed by atoms with van der Waals surface area (Å²) in [4.78, 5) is 2.40. The van der Waals surface area contributed by atoms with Gasteiger partial charge in [-0.1, -0.05) is 19.1 Å². The van der Waals surface area contributed by atoms with Gasteiger partial charge < -0.3 is 15.4 Å². The van der Waals surface area contributed by atoms with Gasteiger partial charge in [-0.15, -0.1) is 0 Å². The Morgan fingerprint density at radius 3 is 2.68 bits per heavy atom. The molecule has 0 atom stereocenters. The van der Waals surface area contributed by atoms with Crippen LogP contribution >= 0.6 is 0 Å². The Hall–Kier alpha value is -1.06. The van der Waals surface area contributed by atoms with Crippen molar-refractivity contribution >= 4 is 0 Å². The smallest absolute Gasteiger partial charge is 0.119 e. The van der Waals surface area contributed by atoms with E-state index in [-0.39, 0.29) is 5.54 Å². The van der Waals surface area contributed by atoms with Gasteiger partial charge in [-0.05, 0) is 51.4 Å². The van der Waals surface area contributed by atoms with Crippen molar-refractivity contribution in [1.29, 1.82) is 0 Å². The Balaban J connectivity index is 2.31. The molecular weight excluding hydrogens is 236 g/mol. The third-order valence-electron chi connectivity index (χ3n) is 3.94. The lowest BCUT2D eigenvalue weighted by Gasteiger charge is -2.34. The highest BCUT2D eigenvalue weighted by Crippen LogP contribution is 2.17. The highest BCUT2D eigenvalue weighted by atomic mass is 16.5. The van der Waals surface area contributed by atoms with Crippen LogP contribution in [-0.4, -0.2) is 30.6 Å². The fraction of sp³-hybridized carbons (Fsp3) is 0.625. The summed E-state index contributed by atoms with van der Waals surface area (Å²) in [7, 11) is 2.18. The van der Waals surface area contributed by atoms with Crippen molar-refractivity contribution in [3.8, 4) is 5.75 Å². The van der Waals surface area contributed by atoms with Gasteiger partial charge in [-0.2, -0.15) is 0 Å². The highest BCUT2D eigenvalue weighted by molar-refractivity contribution is 5.28. The van der Waals surface area contributed by atoms with Crippen molar-refractivity contribution in [1.82, 2.24) is 4.90 Å². The molecule has 108 valence electrons. The second-order valence-electron chi connectivity index (χ2n) is 5.64. The van der Waals surface area contributed by atoms with E-state index in [4.69, 9.17) is 10.5 Å². The van der Waals surface area contributed by atoms with Crippen LogP contribution in [0.4, 0.5) is 0 Å². The summed E-state index contributed by atoms with van der Waals surface area (Å²) >= 11 is 0. The van der Waals surface area contributed by atoms with E-state index < -0.39 is 0 Å². The highest BCUT2D eigenvalue weighted by Gasteiger charge is 2.20. The first-order valence-corrected chi connectivity index (χ1v) is 7.12. The monoisotopic (exact) mass is 264 g/mol. The van der Waals surface area contributed by atoms with Gasteiger partial charge >= 0.3 is 0 Å². The molecule has 0 aliphatic carbocycles. The zero-order valence-corrected chi connectivity index (χ0v) is 12.8. The summed E-state index contributed by atoms with van der Waals surface area (Å²) < 4.78 is 5.76. The summed E-state index contributed by atoms with van der Waals surface area (Å²) in [6.45, 7) is 9.14. The summed E-state index contributed by atoms with van der Waals surface area (Å²) in [6, 6.07) is 8.01. The van der Waals surface area contributed by atoms with E-state index in [2.05, 4.69) is 32.7 Å². The van der Waals surface area contributed by atoms with Crippen LogP contribution in [0.5, 0.6) is 5.75 Å². The molecule has 0 saturated carbocycles. The molecule has 0 amide bonds. The van der Waals surface area contributed by atoms with Crippen LogP contribution in [0.2, 0.25) is 0 Å². The first-order valence-electron chi connectivity index (χ1n) is 7.12. The molecule has 1 rings (SSSR count).